The van der Waals surface area contributed by atoms with Gasteiger partial charge in [0.25, 0.3) is 0 Å². The maximum atomic E-state index is 10.9. The van der Waals surface area contributed by atoms with Crippen LogP contribution in [0.3, 0.4) is 0 Å². The van der Waals surface area contributed by atoms with Gasteiger partial charge in [-0.2, -0.15) is 0 Å². The molecule has 0 aliphatic heterocycles. The maximum Gasteiger partial charge on any atom is 0.306 e. The van der Waals surface area contributed by atoms with Gasteiger partial charge in [0.1, 0.15) is 5.75 Å². The number of para-hydroxylation sites is 1. The first-order valence-electron chi connectivity index (χ1n) is 7.06. The normalized spacial score (nSPS) is 22.9. The van der Waals surface area contributed by atoms with E-state index in [0.717, 1.165) is 43.5 Å². The Bertz CT molecular complexity index is 476. The van der Waals surface area contributed by atoms with Crippen LogP contribution in [0.2, 0.25) is 0 Å². The molecule has 1 aromatic carbocycles. The first kappa shape index (κ1) is 14.6. The highest BCUT2D eigenvalue weighted by Crippen LogP contribution is 2.29. The van der Waals surface area contributed by atoms with Gasteiger partial charge < -0.3 is 9.84 Å². The van der Waals surface area contributed by atoms with E-state index in [0.29, 0.717) is 5.92 Å². The summed E-state index contributed by atoms with van der Waals surface area (Å²) in [5.41, 5.74) is 0.981. The molecule has 1 aliphatic rings. The summed E-state index contributed by atoms with van der Waals surface area (Å²) in [6.07, 6.45) is 5.33. The van der Waals surface area contributed by atoms with Crippen molar-refractivity contribution < 1.29 is 14.6 Å². The second kappa shape index (κ2) is 7.08. The molecule has 4 heteroatoms. The molecule has 0 spiro atoms. The Morgan fingerprint density at radius 3 is 2.70 bits per heavy atom. The summed E-state index contributed by atoms with van der Waals surface area (Å²) in [6.45, 7) is 0.768. The fourth-order valence-corrected chi connectivity index (χ4v) is 2.67. The molecule has 1 saturated carbocycles. The number of carboxylic acid groups (broad SMARTS) is 1. The van der Waals surface area contributed by atoms with Crippen LogP contribution in [0.4, 0.5) is 0 Å². The number of benzene rings is 1. The third-order valence-electron chi connectivity index (χ3n) is 3.93. The Hall–Kier alpha value is -1.84. The summed E-state index contributed by atoms with van der Waals surface area (Å²) in [4.78, 5) is 15.4. The second-order valence-corrected chi connectivity index (χ2v) is 5.29. The van der Waals surface area contributed by atoms with Gasteiger partial charge in [-0.05, 0) is 43.7 Å². The lowest BCUT2D eigenvalue weighted by Crippen LogP contribution is -2.22. The molecule has 0 bridgehead atoms. The number of ether oxygens (including phenoxy) is 1. The van der Waals surface area contributed by atoms with Crippen LogP contribution < -0.4 is 4.74 Å². The van der Waals surface area contributed by atoms with Gasteiger partial charge in [0.2, 0.25) is 0 Å². The third kappa shape index (κ3) is 3.83. The summed E-state index contributed by atoms with van der Waals surface area (Å²) in [7, 11) is 1.65. The molecule has 1 N–H and O–H groups in total. The monoisotopic (exact) mass is 275 g/mol. The zero-order valence-corrected chi connectivity index (χ0v) is 11.8. The SMILES string of the molecule is COc1ccccc1C=NC[C@H]1CC[C@H](C(=O)O)CC1. The van der Waals surface area contributed by atoms with Crippen molar-refractivity contribution >= 4 is 12.2 Å². The van der Waals surface area contributed by atoms with Gasteiger partial charge in [-0.25, -0.2) is 0 Å². The van der Waals surface area contributed by atoms with E-state index >= 15 is 0 Å². The zero-order valence-electron chi connectivity index (χ0n) is 11.8. The molecule has 1 aliphatic carbocycles. The summed E-state index contributed by atoms with van der Waals surface area (Å²) in [5.74, 6) is 0.535. The molecule has 0 unspecified atom stereocenters. The van der Waals surface area contributed by atoms with E-state index in [1.807, 2.05) is 30.5 Å². The highest BCUT2D eigenvalue weighted by Gasteiger charge is 2.25. The van der Waals surface area contributed by atoms with Crippen molar-refractivity contribution in [2.45, 2.75) is 25.7 Å². The molecule has 4 nitrogen and oxygen atoms in total. The number of rotatable bonds is 5. The average Bonchev–Trinajstić information content (AvgIpc) is 2.48. The lowest BCUT2D eigenvalue weighted by atomic mass is 9.82. The van der Waals surface area contributed by atoms with Crippen molar-refractivity contribution in [3.8, 4) is 5.75 Å². The number of carbonyl (C=O) groups is 1. The third-order valence-corrected chi connectivity index (χ3v) is 3.93. The van der Waals surface area contributed by atoms with Gasteiger partial charge in [0.05, 0.1) is 13.0 Å². The van der Waals surface area contributed by atoms with Crippen molar-refractivity contribution in [2.75, 3.05) is 13.7 Å². The highest BCUT2D eigenvalue weighted by atomic mass is 16.5. The van der Waals surface area contributed by atoms with Crippen LogP contribution >= 0.6 is 0 Å². The molecule has 1 aromatic rings. The molecule has 2 rings (SSSR count). The number of aliphatic carboxylic acids is 1. The summed E-state index contributed by atoms with van der Waals surface area (Å²) >= 11 is 0. The molecule has 20 heavy (non-hydrogen) atoms. The summed E-state index contributed by atoms with van der Waals surface area (Å²) in [6, 6.07) is 7.79. The molecule has 0 atom stereocenters. The lowest BCUT2D eigenvalue weighted by molar-refractivity contribution is -0.143. The van der Waals surface area contributed by atoms with Gasteiger partial charge in [-0.15, -0.1) is 0 Å². The Morgan fingerprint density at radius 2 is 2.05 bits per heavy atom. The first-order chi connectivity index (χ1) is 9.70. The Morgan fingerprint density at radius 1 is 1.35 bits per heavy atom. The average molecular weight is 275 g/mol. The predicted octanol–water partition coefficient (Wildman–Crippen LogP) is 3.01. The molecule has 1 fully saturated rings. The minimum atomic E-state index is -0.652. The van der Waals surface area contributed by atoms with Gasteiger partial charge in [-0.1, -0.05) is 12.1 Å². The van der Waals surface area contributed by atoms with Crippen LogP contribution in [-0.4, -0.2) is 30.9 Å². The number of carboxylic acids is 1. The van der Waals surface area contributed by atoms with Crippen LogP contribution in [0, 0.1) is 11.8 Å². The quantitative estimate of drug-likeness (QED) is 0.840. The number of hydrogen-bond donors (Lipinski definition) is 1. The van der Waals surface area contributed by atoms with E-state index in [1.165, 1.54) is 0 Å². The van der Waals surface area contributed by atoms with Crippen LogP contribution in [-0.2, 0) is 4.79 Å². The van der Waals surface area contributed by atoms with E-state index in [2.05, 4.69) is 4.99 Å². The Kier molecular flexibility index (Phi) is 5.16. The number of aliphatic imine (C=N–C) groups is 1. The fraction of sp³-hybridized carbons (Fsp3) is 0.500. The van der Waals surface area contributed by atoms with Gasteiger partial charge in [0, 0.05) is 18.3 Å². The van der Waals surface area contributed by atoms with E-state index in [1.54, 1.807) is 7.11 Å². The Balaban J connectivity index is 1.84. The minimum absolute atomic E-state index is 0.149. The van der Waals surface area contributed by atoms with Crippen molar-refractivity contribution in [1.82, 2.24) is 0 Å². The molecule has 0 radical (unpaired) electrons. The van der Waals surface area contributed by atoms with Gasteiger partial charge in [0.15, 0.2) is 0 Å². The van der Waals surface area contributed by atoms with E-state index in [4.69, 9.17) is 9.84 Å². The maximum absolute atomic E-state index is 10.9. The summed E-state index contributed by atoms with van der Waals surface area (Å²) in [5, 5.41) is 8.96. The molecule has 0 amide bonds. The largest absolute Gasteiger partial charge is 0.496 e. The summed E-state index contributed by atoms with van der Waals surface area (Å²) < 4.78 is 5.27. The standard InChI is InChI=1S/C16H21NO3/c1-20-15-5-3-2-4-14(15)11-17-10-12-6-8-13(9-7-12)16(18)19/h2-5,11-13H,6-10H2,1H3,(H,18,19)/t12-,13-. The number of methoxy groups -OCH3 is 1. The number of hydrogen-bond acceptors (Lipinski definition) is 3. The van der Waals surface area contributed by atoms with Crippen molar-refractivity contribution in [3.63, 3.8) is 0 Å². The minimum Gasteiger partial charge on any atom is -0.496 e. The topological polar surface area (TPSA) is 58.9 Å². The molecular formula is C16H21NO3. The highest BCUT2D eigenvalue weighted by molar-refractivity contribution is 5.83. The van der Waals surface area contributed by atoms with Crippen LogP contribution in [0.1, 0.15) is 31.2 Å². The van der Waals surface area contributed by atoms with E-state index < -0.39 is 5.97 Å². The predicted molar refractivity (Wildman–Crippen MR) is 78.5 cm³/mol. The van der Waals surface area contributed by atoms with Crippen LogP contribution in [0.25, 0.3) is 0 Å². The van der Waals surface area contributed by atoms with Crippen LogP contribution in [0.15, 0.2) is 29.3 Å². The zero-order chi connectivity index (χ0) is 14.4. The molecule has 0 saturated heterocycles. The fourth-order valence-electron chi connectivity index (χ4n) is 2.67. The molecule has 0 aromatic heterocycles. The van der Waals surface area contributed by atoms with Gasteiger partial charge in [-0.3, -0.25) is 9.79 Å². The van der Waals surface area contributed by atoms with E-state index in [-0.39, 0.29) is 5.92 Å². The van der Waals surface area contributed by atoms with Crippen molar-refractivity contribution in [1.29, 1.82) is 0 Å². The second-order valence-electron chi connectivity index (χ2n) is 5.29. The molecule has 0 heterocycles. The smallest absolute Gasteiger partial charge is 0.306 e. The molecule has 108 valence electrons. The van der Waals surface area contributed by atoms with Crippen molar-refractivity contribution in [2.24, 2.45) is 16.8 Å². The molecular weight excluding hydrogens is 254 g/mol. The van der Waals surface area contributed by atoms with Crippen molar-refractivity contribution in [3.05, 3.63) is 29.8 Å². The van der Waals surface area contributed by atoms with Crippen LogP contribution in [0.5, 0.6) is 5.75 Å². The first-order valence-corrected chi connectivity index (χ1v) is 7.06. The van der Waals surface area contributed by atoms with Gasteiger partial charge >= 0.3 is 5.97 Å². The number of nitrogens with zero attached hydrogens (tertiary/aromatic N) is 1. The Labute approximate surface area is 119 Å². The lowest BCUT2D eigenvalue weighted by Gasteiger charge is -2.24. The van der Waals surface area contributed by atoms with E-state index in [9.17, 15) is 4.79 Å².